The number of aliphatic carboxylic acids is 1. The Morgan fingerprint density at radius 2 is 2.00 bits per heavy atom. The summed E-state index contributed by atoms with van der Waals surface area (Å²) < 4.78 is 12.0. The van der Waals surface area contributed by atoms with Gasteiger partial charge in [0.05, 0.1) is 5.92 Å². The fourth-order valence-corrected chi connectivity index (χ4v) is 5.16. The average molecular weight is 448 g/mol. The number of carboxylic acid groups (broad SMARTS) is 1. The van der Waals surface area contributed by atoms with Gasteiger partial charge >= 0.3 is 5.97 Å². The molecule has 0 bridgehead atoms. The first-order chi connectivity index (χ1) is 15.5. The molecule has 32 heavy (non-hydrogen) atoms. The van der Waals surface area contributed by atoms with Crippen molar-refractivity contribution in [3.8, 4) is 22.6 Å². The van der Waals surface area contributed by atoms with Gasteiger partial charge in [-0.2, -0.15) is 0 Å². The van der Waals surface area contributed by atoms with E-state index in [4.69, 9.17) is 14.6 Å². The number of thiophene rings is 1. The Labute approximate surface area is 191 Å². The van der Waals surface area contributed by atoms with E-state index in [-0.39, 0.29) is 5.92 Å². The summed E-state index contributed by atoms with van der Waals surface area (Å²) in [4.78, 5) is 15.6. The SMILES string of the molecule is Cc1sc(COc2ccc3c(c2)OCC(CN2CC(C(=O)O)C2)=C3)cc1-c1ccccc1. The van der Waals surface area contributed by atoms with Gasteiger partial charge in [0, 0.05) is 41.0 Å². The molecule has 5 nitrogen and oxygen atoms in total. The summed E-state index contributed by atoms with van der Waals surface area (Å²) in [7, 11) is 0. The molecule has 2 aliphatic heterocycles. The first kappa shape index (κ1) is 20.8. The second-order valence-electron chi connectivity index (χ2n) is 8.36. The summed E-state index contributed by atoms with van der Waals surface area (Å²) >= 11 is 1.77. The Balaban J connectivity index is 1.20. The number of benzene rings is 2. The normalized spacial score (nSPS) is 16.0. The van der Waals surface area contributed by atoms with Crippen LogP contribution in [0.15, 0.2) is 60.2 Å². The summed E-state index contributed by atoms with van der Waals surface area (Å²) in [6.07, 6.45) is 2.14. The van der Waals surface area contributed by atoms with Gasteiger partial charge in [0.15, 0.2) is 0 Å². The number of hydrogen-bond acceptors (Lipinski definition) is 5. The molecule has 3 heterocycles. The molecule has 0 amide bonds. The predicted octanol–water partition coefficient (Wildman–Crippen LogP) is 5.09. The van der Waals surface area contributed by atoms with E-state index in [0.29, 0.717) is 26.3 Å². The molecule has 0 saturated carbocycles. The third-order valence-electron chi connectivity index (χ3n) is 5.93. The zero-order chi connectivity index (χ0) is 22.1. The number of carbonyl (C=O) groups is 1. The fourth-order valence-electron chi connectivity index (χ4n) is 4.19. The number of likely N-dealkylation sites (tertiary alicyclic amines) is 1. The largest absolute Gasteiger partial charge is 0.488 e. The molecular weight excluding hydrogens is 422 g/mol. The van der Waals surface area contributed by atoms with E-state index in [0.717, 1.165) is 29.2 Å². The number of fused-ring (bicyclic) bond motifs is 1. The molecule has 0 aliphatic carbocycles. The fraction of sp³-hybridized carbons (Fsp3) is 0.269. The van der Waals surface area contributed by atoms with Crippen LogP contribution in [0, 0.1) is 12.8 Å². The standard InChI is InChI=1S/C26H25NO4S/c1-17-24(19-5-3-2-4-6-19)11-23(32-17)16-30-22-8-7-20-9-18(15-31-25(20)10-22)12-27-13-21(14-27)26(28)29/h2-11,21H,12-16H2,1H3,(H,28,29). The van der Waals surface area contributed by atoms with Crippen molar-refractivity contribution in [3.63, 3.8) is 0 Å². The number of ether oxygens (including phenoxy) is 2. The second kappa shape index (κ2) is 8.81. The maximum Gasteiger partial charge on any atom is 0.309 e. The minimum Gasteiger partial charge on any atom is -0.488 e. The smallest absolute Gasteiger partial charge is 0.309 e. The lowest BCUT2D eigenvalue weighted by molar-refractivity contribution is -0.147. The second-order valence-corrected chi connectivity index (χ2v) is 9.70. The number of hydrogen-bond donors (Lipinski definition) is 1. The third kappa shape index (κ3) is 4.42. The maximum atomic E-state index is 11.0. The predicted molar refractivity (Wildman–Crippen MR) is 126 cm³/mol. The summed E-state index contributed by atoms with van der Waals surface area (Å²) in [5.41, 5.74) is 4.69. The zero-order valence-electron chi connectivity index (χ0n) is 17.9. The summed E-state index contributed by atoms with van der Waals surface area (Å²) in [5, 5.41) is 9.02. The molecule has 164 valence electrons. The number of nitrogens with zero attached hydrogens (tertiary/aromatic N) is 1. The van der Waals surface area contributed by atoms with Crippen molar-refractivity contribution >= 4 is 23.4 Å². The van der Waals surface area contributed by atoms with Crippen LogP contribution in [0.4, 0.5) is 0 Å². The van der Waals surface area contributed by atoms with E-state index in [1.54, 1.807) is 11.3 Å². The highest BCUT2D eigenvalue weighted by molar-refractivity contribution is 7.12. The van der Waals surface area contributed by atoms with Gasteiger partial charge in [-0.3, -0.25) is 9.69 Å². The van der Waals surface area contributed by atoms with Crippen molar-refractivity contribution in [2.75, 3.05) is 26.2 Å². The van der Waals surface area contributed by atoms with Gasteiger partial charge in [-0.25, -0.2) is 0 Å². The molecular formula is C26H25NO4S. The molecule has 0 spiro atoms. The van der Waals surface area contributed by atoms with Gasteiger partial charge in [0.25, 0.3) is 0 Å². The molecule has 1 fully saturated rings. The molecule has 0 atom stereocenters. The van der Waals surface area contributed by atoms with Crippen molar-refractivity contribution < 1.29 is 19.4 Å². The molecule has 2 aromatic carbocycles. The molecule has 1 saturated heterocycles. The zero-order valence-corrected chi connectivity index (χ0v) is 18.7. The number of aryl methyl sites for hydroxylation is 1. The van der Waals surface area contributed by atoms with Crippen molar-refractivity contribution in [3.05, 3.63) is 75.5 Å². The van der Waals surface area contributed by atoms with Crippen LogP contribution in [-0.2, 0) is 11.4 Å². The van der Waals surface area contributed by atoms with Crippen molar-refractivity contribution in [2.24, 2.45) is 5.92 Å². The monoisotopic (exact) mass is 447 g/mol. The highest BCUT2D eigenvalue weighted by Gasteiger charge is 2.32. The Hall–Kier alpha value is -3.09. The molecule has 6 heteroatoms. The minimum absolute atomic E-state index is 0.233. The van der Waals surface area contributed by atoms with E-state index in [2.05, 4.69) is 48.2 Å². The summed E-state index contributed by atoms with van der Waals surface area (Å²) in [5.74, 6) is 0.676. The van der Waals surface area contributed by atoms with Crippen LogP contribution in [0.2, 0.25) is 0 Å². The van der Waals surface area contributed by atoms with Crippen LogP contribution in [0.3, 0.4) is 0 Å². The highest BCUT2D eigenvalue weighted by Crippen LogP contribution is 2.34. The lowest BCUT2D eigenvalue weighted by Gasteiger charge is -2.37. The van der Waals surface area contributed by atoms with Crippen LogP contribution in [0.1, 0.15) is 15.3 Å². The first-order valence-corrected chi connectivity index (χ1v) is 11.6. The van der Waals surface area contributed by atoms with Crippen LogP contribution < -0.4 is 9.47 Å². The van der Waals surface area contributed by atoms with Crippen LogP contribution in [-0.4, -0.2) is 42.2 Å². The number of carboxylic acids is 1. The van der Waals surface area contributed by atoms with E-state index in [9.17, 15) is 4.79 Å². The molecule has 0 unspecified atom stereocenters. The van der Waals surface area contributed by atoms with Crippen LogP contribution in [0.5, 0.6) is 11.5 Å². The minimum atomic E-state index is -0.706. The lowest BCUT2D eigenvalue weighted by Crippen LogP contribution is -2.51. The van der Waals surface area contributed by atoms with Crippen molar-refractivity contribution in [1.29, 1.82) is 0 Å². The summed E-state index contributed by atoms with van der Waals surface area (Å²) in [6.45, 7) is 5.17. The topological polar surface area (TPSA) is 59.0 Å². The van der Waals surface area contributed by atoms with Crippen LogP contribution in [0.25, 0.3) is 17.2 Å². The van der Waals surface area contributed by atoms with E-state index in [1.807, 2.05) is 24.3 Å². The molecule has 0 radical (unpaired) electrons. The Bertz CT molecular complexity index is 1160. The first-order valence-electron chi connectivity index (χ1n) is 10.7. The van der Waals surface area contributed by atoms with Gasteiger partial charge < -0.3 is 14.6 Å². The Morgan fingerprint density at radius 3 is 2.78 bits per heavy atom. The quantitative estimate of drug-likeness (QED) is 0.546. The van der Waals surface area contributed by atoms with Gasteiger partial charge in [0.1, 0.15) is 24.7 Å². The van der Waals surface area contributed by atoms with Crippen molar-refractivity contribution in [2.45, 2.75) is 13.5 Å². The lowest BCUT2D eigenvalue weighted by atomic mass is 9.98. The molecule has 5 rings (SSSR count). The van der Waals surface area contributed by atoms with E-state index < -0.39 is 5.97 Å². The molecule has 3 aromatic rings. The number of rotatable bonds is 7. The molecule has 1 aromatic heterocycles. The summed E-state index contributed by atoms with van der Waals surface area (Å²) in [6, 6.07) is 18.6. The van der Waals surface area contributed by atoms with Crippen LogP contribution >= 0.6 is 11.3 Å². The molecule has 1 N–H and O–H groups in total. The average Bonchev–Trinajstić information content (AvgIpc) is 3.15. The third-order valence-corrected chi connectivity index (χ3v) is 6.95. The van der Waals surface area contributed by atoms with Gasteiger partial charge in [-0.1, -0.05) is 30.3 Å². The van der Waals surface area contributed by atoms with Crippen molar-refractivity contribution in [1.82, 2.24) is 4.90 Å². The van der Waals surface area contributed by atoms with E-state index in [1.165, 1.54) is 20.9 Å². The van der Waals surface area contributed by atoms with Gasteiger partial charge in [-0.15, -0.1) is 11.3 Å². The Morgan fingerprint density at radius 1 is 1.19 bits per heavy atom. The molecule has 2 aliphatic rings. The Kier molecular flexibility index (Phi) is 5.72. The highest BCUT2D eigenvalue weighted by atomic mass is 32.1. The van der Waals surface area contributed by atoms with Gasteiger partial charge in [-0.05, 0) is 47.9 Å². The maximum absolute atomic E-state index is 11.0. The van der Waals surface area contributed by atoms with Gasteiger partial charge in [0.2, 0.25) is 0 Å². The van der Waals surface area contributed by atoms with E-state index >= 15 is 0 Å².